The third-order valence-electron chi connectivity index (χ3n) is 1.33. The van der Waals surface area contributed by atoms with Crippen molar-refractivity contribution in [1.29, 1.82) is 0 Å². The topological polar surface area (TPSA) is 72.6 Å². The highest BCUT2D eigenvalue weighted by Gasteiger charge is 2.31. The van der Waals surface area contributed by atoms with E-state index in [1.54, 1.807) is 0 Å². The fourth-order valence-corrected chi connectivity index (χ4v) is 0.766. The Bertz CT molecular complexity index is 125. The van der Waals surface area contributed by atoms with Crippen molar-refractivity contribution in [3.63, 3.8) is 0 Å². The first kappa shape index (κ1) is 6.67. The number of carbonyl (C=O) groups is 1. The molecule has 0 aromatic rings. The van der Waals surface area contributed by atoms with Gasteiger partial charge in [-0.1, -0.05) is 0 Å². The van der Waals surface area contributed by atoms with Crippen LogP contribution in [-0.2, 0) is 9.53 Å². The van der Waals surface area contributed by atoms with Crippen molar-refractivity contribution in [1.82, 2.24) is 0 Å². The Hall–Kier alpha value is -0.450. The molecule has 0 amide bonds. The molecule has 4 heteroatoms. The van der Waals surface area contributed by atoms with Crippen molar-refractivity contribution in [2.24, 2.45) is 5.73 Å². The van der Waals surface area contributed by atoms with E-state index in [0.717, 1.165) is 0 Å². The van der Waals surface area contributed by atoms with Gasteiger partial charge in [-0.15, -0.1) is 0 Å². The molecule has 0 unspecified atom stereocenters. The number of rotatable bonds is 1. The maximum Gasteiger partial charge on any atom is 0.182 e. The van der Waals surface area contributed by atoms with Crippen molar-refractivity contribution in [2.45, 2.75) is 12.1 Å². The lowest BCUT2D eigenvalue weighted by Crippen LogP contribution is -2.32. The third kappa shape index (κ3) is 1.10. The Kier molecular flexibility index (Phi) is 1.80. The van der Waals surface area contributed by atoms with Crippen LogP contribution >= 0.6 is 0 Å². The molecule has 1 heterocycles. The van der Waals surface area contributed by atoms with E-state index in [9.17, 15) is 4.79 Å². The number of carbonyl (C=O) groups excluding carboxylic acids is 1. The van der Waals surface area contributed by atoms with E-state index < -0.39 is 12.1 Å². The lowest BCUT2D eigenvalue weighted by molar-refractivity contribution is -0.124. The van der Waals surface area contributed by atoms with Crippen LogP contribution in [0.25, 0.3) is 0 Å². The first-order valence-electron chi connectivity index (χ1n) is 2.77. The quantitative estimate of drug-likeness (QED) is 0.443. The Labute approximate surface area is 52.6 Å². The third-order valence-corrected chi connectivity index (χ3v) is 1.33. The van der Waals surface area contributed by atoms with Crippen molar-refractivity contribution >= 4 is 5.78 Å². The van der Waals surface area contributed by atoms with E-state index in [4.69, 9.17) is 15.6 Å². The number of ether oxygens (including phenoxy) is 1. The Morgan fingerprint density at radius 1 is 1.89 bits per heavy atom. The lowest BCUT2D eigenvalue weighted by Gasteiger charge is -2.00. The predicted octanol–water partition coefficient (Wildman–Crippen LogP) is -1.73. The second-order valence-electron chi connectivity index (χ2n) is 2.01. The van der Waals surface area contributed by atoms with Crippen LogP contribution in [0.1, 0.15) is 0 Å². The van der Waals surface area contributed by atoms with E-state index in [2.05, 4.69) is 0 Å². The average Bonchev–Trinajstić information content (AvgIpc) is 2.15. The van der Waals surface area contributed by atoms with Gasteiger partial charge in [-0.2, -0.15) is 0 Å². The van der Waals surface area contributed by atoms with Crippen LogP contribution in [0, 0.1) is 0 Å². The summed E-state index contributed by atoms with van der Waals surface area (Å²) in [6.07, 6.45) is -0.667. The van der Waals surface area contributed by atoms with Crippen molar-refractivity contribution in [2.75, 3.05) is 13.2 Å². The Morgan fingerprint density at radius 3 is 2.78 bits per heavy atom. The number of ketones is 1. The van der Waals surface area contributed by atoms with Crippen LogP contribution in [0.15, 0.2) is 0 Å². The zero-order chi connectivity index (χ0) is 6.85. The van der Waals surface area contributed by atoms with Crippen LogP contribution in [0.3, 0.4) is 0 Å². The molecule has 0 radical (unpaired) electrons. The predicted molar refractivity (Wildman–Crippen MR) is 29.8 cm³/mol. The van der Waals surface area contributed by atoms with Gasteiger partial charge in [-0.3, -0.25) is 4.79 Å². The molecule has 2 atom stereocenters. The molecule has 0 aromatic carbocycles. The van der Waals surface area contributed by atoms with E-state index in [0.29, 0.717) is 0 Å². The van der Waals surface area contributed by atoms with Crippen LogP contribution in [-0.4, -0.2) is 36.2 Å². The van der Waals surface area contributed by atoms with Gasteiger partial charge in [0.05, 0.1) is 19.3 Å². The zero-order valence-corrected chi connectivity index (χ0v) is 4.91. The number of nitrogens with two attached hydrogens (primary N) is 1. The number of hydrogen-bond donors (Lipinski definition) is 2. The van der Waals surface area contributed by atoms with Crippen LogP contribution in [0.5, 0.6) is 0 Å². The molecule has 1 aliphatic heterocycles. The minimum Gasteiger partial charge on any atom is -0.393 e. The summed E-state index contributed by atoms with van der Waals surface area (Å²) in [5.74, 6) is -0.197. The highest BCUT2D eigenvalue weighted by Crippen LogP contribution is 2.05. The second-order valence-corrected chi connectivity index (χ2v) is 2.01. The molecule has 4 nitrogen and oxygen atoms in total. The highest BCUT2D eigenvalue weighted by molar-refractivity contribution is 5.89. The second kappa shape index (κ2) is 2.43. The summed E-state index contributed by atoms with van der Waals surface area (Å²) < 4.78 is 4.80. The van der Waals surface area contributed by atoms with E-state index >= 15 is 0 Å². The van der Waals surface area contributed by atoms with Gasteiger partial charge in [0.1, 0.15) is 6.10 Å². The van der Waals surface area contributed by atoms with Gasteiger partial charge in [0, 0.05) is 0 Å². The summed E-state index contributed by atoms with van der Waals surface area (Å²) in [6, 6.07) is -0.526. The van der Waals surface area contributed by atoms with Gasteiger partial charge < -0.3 is 15.6 Å². The summed E-state index contributed by atoms with van der Waals surface area (Å²) in [4.78, 5) is 10.7. The molecule has 1 rings (SSSR count). The Morgan fingerprint density at radius 2 is 2.56 bits per heavy atom. The normalized spacial score (nSPS) is 35.6. The Balaban J connectivity index is 2.51. The minimum atomic E-state index is -0.667. The molecule has 1 fully saturated rings. The maximum absolute atomic E-state index is 10.7. The van der Waals surface area contributed by atoms with Crippen LogP contribution in [0.2, 0.25) is 0 Å². The highest BCUT2D eigenvalue weighted by atomic mass is 16.5. The molecule has 9 heavy (non-hydrogen) atoms. The standard InChI is InChI=1S/C5H9NO3/c6-3-2-9-4(1-7)5(3)8/h3-4,7H,1-2,6H2/t3-,4-/m1/s1. The summed E-state index contributed by atoms with van der Waals surface area (Å²) >= 11 is 0. The van der Waals surface area contributed by atoms with Gasteiger partial charge in [-0.05, 0) is 0 Å². The fraction of sp³-hybridized carbons (Fsp3) is 0.800. The number of Topliss-reactive ketones (excluding diaryl/α,β-unsaturated/α-hetero) is 1. The largest absolute Gasteiger partial charge is 0.393 e. The van der Waals surface area contributed by atoms with Gasteiger partial charge >= 0.3 is 0 Å². The number of aliphatic hydroxyl groups excluding tert-OH is 1. The molecule has 52 valence electrons. The lowest BCUT2D eigenvalue weighted by atomic mass is 10.2. The van der Waals surface area contributed by atoms with E-state index in [1.807, 2.05) is 0 Å². The molecule has 0 saturated carbocycles. The SMILES string of the molecule is N[C@@H]1CO[C@H](CO)C1=O. The smallest absolute Gasteiger partial charge is 0.182 e. The van der Waals surface area contributed by atoms with Crippen molar-refractivity contribution in [3.05, 3.63) is 0 Å². The monoisotopic (exact) mass is 131 g/mol. The van der Waals surface area contributed by atoms with Crippen molar-refractivity contribution < 1.29 is 14.6 Å². The summed E-state index contributed by atoms with van der Waals surface area (Å²) in [7, 11) is 0. The van der Waals surface area contributed by atoms with Gasteiger partial charge in [-0.25, -0.2) is 0 Å². The fourth-order valence-electron chi connectivity index (χ4n) is 0.766. The van der Waals surface area contributed by atoms with Crippen LogP contribution < -0.4 is 5.73 Å². The van der Waals surface area contributed by atoms with Crippen LogP contribution in [0.4, 0.5) is 0 Å². The van der Waals surface area contributed by atoms with Crippen molar-refractivity contribution in [3.8, 4) is 0 Å². The minimum absolute atomic E-state index is 0.197. The molecule has 1 saturated heterocycles. The molecule has 0 bridgehead atoms. The average molecular weight is 131 g/mol. The van der Waals surface area contributed by atoms with E-state index in [1.165, 1.54) is 0 Å². The summed E-state index contributed by atoms with van der Waals surface area (Å²) in [6.45, 7) is -0.0173. The first-order chi connectivity index (χ1) is 4.25. The van der Waals surface area contributed by atoms with Gasteiger partial charge in [0.15, 0.2) is 5.78 Å². The zero-order valence-electron chi connectivity index (χ0n) is 4.91. The molecule has 0 aliphatic carbocycles. The summed E-state index contributed by atoms with van der Waals surface area (Å²) in [5, 5.41) is 8.45. The maximum atomic E-state index is 10.7. The van der Waals surface area contributed by atoms with Gasteiger partial charge in [0.25, 0.3) is 0 Å². The van der Waals surface area contributed by atoms with E-state index in [-0.39, 0.29) is 19.0 Å². The molecule has 0 spiro atoms. The summed E-state index contributed by atoms with van der Waals surface area (Å²) in [5.41, 5.74) is 5.26. The molecule has 3 N–H and O–H groups in total. The molecular weight excluding hydrogens is 122 g/mol. The van der Waals surface area contributed by atoms with Gasteiger partial charge in [0.2, 0.25) is 0 Å². The molecule has 1 aliphatic rings. The first-order valence-corrected chi connectivity index (χ1v) is 2.77. The molecular formula is C5H9NO3. The molecule has 0 aromatic heterocycles. The number of aliphatic hydroxyl groups is 1. The number of hydrogen-bond acceptors (Lipinski definition) is 4.